The number of ketones is 1. The van der Waals surface area contributed by atoms with Crippen molar-refractivity contribution in [3.63, 3.8) is 0 Å². The highest BCUT2D eigenvalue weighted by molar-refractivity contribution is 7.91. The van der Waals surface area contributed by atoms with Crippen LogP contribution in [0.5, 0.6) is 17.4 Å². The van der Waals surface area contributed by atoms with E-state index < -0.39 is 98.3 Å². The van der Waals surface area contributed by atoms with Crippen LogP contribution in [-0.2, 0) is 33.9 Å². The van der Waals surface area contributed by atoms with Gasteiger partial charge in [0.15, 0.2) is 11.6 Å². The first-order chi connectivity index (χ1) is 31.3. The minimum Gasteiger partial charge on any atom is -0.497 e. The van der Waals surface area contributed by atoms with E-state index in [1.54, 1.807) is 56.3 Å². The molecule has 7 atom stereocenters. The van der Waals surface area contributed by atoms with Crippen molar-refractivity contribution < 1.29 is 59.7 Å². The third-order valence-electron chi connectivity index (χ3n) is 13.9. The lowest BCUT2D eigenvalue weighted by molar-refractivity contribution is -0.257. The van der Waals surface area contributed by atoms with Crippen LogP contribution in [0.25, 0.3) is 22.3 Å². The van der Waals surface area contributed by atoms with Crippen molar-refractivity contribution in [2.45, 2.75) is 141 Å². The van der Waals surface area contributed by atoms with Crippen molar-refractivity contribution >= 4 is 44.5 Å². The number of sulfonamides is 1. The third kappa shape index (κ3) is 10.7. The van der Waals surface area contributed by atoms with Gasteiger partial charge in [0.25, 0.3) is 0 Å². The molecule has 0 unspecified atom stereocenters. The standard InChI is InChI=1S/C49H61F3N4O10S/c1-28(2)64-33-15-13-31(14-16-33)42-53-38-22-34(63-8)17-18-36(38)43(54-42)65-35-23-39-40(57)26-48(45(60)55-67(61,62)47(7)19-20-47)25-32(48)12-10-9-11-29(3)21-30(4)37(44(59)56(39)27-35)24-41(58)66-46(5,6)49(50,51)52/h10,12-18,22,28-30,32,35,37,39H,9,11,19-21,23-27H2,1-8H3,(H,55,60)/b12-10-/t29-,30+,32+,35+,37-,39-,48+/m0/s1. The summed E-state index contributed by atoms with van der Waals surface area (Å²) in [6, 6.07) is 11.1. The molecular weight excluding hydrogens is 894 g/mol. The number of hydrogen-bond donors (Lipinski definition) is 1. The summed E-state index contributed by atoms with van der Waals surface area (Å²) in [5.41, 5.74) is -3.15. The molecule has 364 valence electrons. The molecule has 2 aliphatic heterocycles. The molecule has 3 fully saturated rings. The monoisotopic (exact) mass is 954 g/mol. The highest BCUT2D eigenvalue weighted by Gasteiger charge is 2.63. The molecule has 0 bridgehead atoms. The van der Waals surface area contributed by atoms with E-state index in [1.165, 1.54) is 12.0 Å². The van der Waals surface area contributed by atoms with Crippen molar-refractivity contribution in [1.29, 1.82) is 0 Å². The van der Waals surface area contributed by atoms with Gasteiger partial charge in [-0.2, -0.15) is 18.2 Å². The largest absolute Gasteiger partial charge is 0.497 e. The van der Waals surface area contributed by atoms with Gasteiger partial charge in [-0.1, -0.05) is 26.0 Å². The van der Waals surface area contributed by atoms with E-state index in [0.29, 0.717) is 65.9 Å². The van der Waals surface area contributed by atoms with E-state index in [0.717, 1.165) is 13.8 Å². The summed E-state index contributed by atoms with van der Waals surface area (Å²) in [4.78, 5) is 68.6. The number of Topliss-reactive ketones (excluding diaryl/α,β-unsaturated/α-hetero) is 1. The second kappa shape index (κ2) is 18.7. The number of fused-ring (bicyclic) bond motifs is 3. The fourth-order valence-corrected chi connectivity index (χ4v) is 10.5. The van der Waals surface area contributed by atoms with Crippen LogP contribution in [0, 0.1) is 29.1 Å². The smallest absolute Gasteiger partial charge is 0.427 e. The van der Waals surface area contributed by atoms with Crippen molar-refractivity contribution in [2.75, 3.05) is 13.7 Å². The number of carbonyl (C=O) groups excluding carboxylic acids is 4. The summed E-state index contributed by atoms with van der Waals surface area (Å²) in [7, 11) is -2.55. The molecule has 1 N–H and O–H groups in total. The molecule has 3 aromatic rings. The van der Waals surface area contributed by atoms with Gasteiger partial charge in [-0.15, -0.1) is 0 Å². The zero-order valence-corrected chi connectivity index (χ0v) is 40.1. The molecule has 1 saturated heterocycles. The van der Waals surface area contributed by atoms with Gasteiger partial charge in [0, 0.05) is 24.5 Å². The topological polar surface area (TPSA) is 180 Å². The lowest BCUT2D eigenvalue weighted by Crippen LogP contribution is -2.48. The molecule has 7 rings (SSSR count). The number of carbonyl (C=O) groups is 4. The van der Waals surface area contributed by atoms with Crippen LogP contribution in [0.1, 0.15) is 106 Å². The summed E-state index contributed by atoms with van der Waals surface area (Å²) < 4.78 is 92.6. The highest BCUT2D eigenvalue weighted by Crippen LogP contribution is 2.58. The maximum atomic E-state index is 15.1. The van der Waals surface area contributed by atoms with Crippen LogP contribution in [0.2, 0.25) is 0 Å². The number of methoxy groups -OCH3 is 1. The van der Waals surface area contributed by atoms with E-state index >= 15 is 4.79 Å². The van der Waals surface area contributed by atoms with Crippen LogP contribution in [0.15, 0.2) is 54.6 Å². The number of aromatic nitrogens is 2. The Labute approximate surface area is 389 Å². The minimum absolute atomic E-state index is 0.00992. The van der Waals surface area contributed by atoms with Crippen molar-refractivity contribution in [3.05, 3.63) is 54.6 Å². The quantitative estimate of drug-likeness (QED) is 0.136. The fraction of sp³-hybridized carbons (Fsp3) is 0.592. The predicted octanol–water partition coefficient (Wildman–Crippen LogP) is 8.31. The second-order valence-electron chi connectivity index (χ2n) is 20.0. The molecule has 0 spiro atoms. The molecule has 18 heteroatoms. The number of hydrogen-bond acceptors (Lipinski definition) is 12. The number of alkyl halides is 3. The summed E-state index contributed by atoms with van der Waals surface area (Å²) in [6.07, 6.45) is -0.630. The molecular formula is C49H61F3N4O10S. The Morgan fingerprint density at radius 2 is 1.69 bits per heavy atom. The average Bonchev–Trinajstić information content (AvgIpc) is 4.13. The minimum atomic E-state index is -4.89. The van der Waals surface area contributed by atoms with Gasteiger partial charge in [0.2, 0.25) is 33.3 Å². The number of esters is 1. The average molecular weight is 955 g/mol. The molecule has 2 aromatic carbocycles. The van der Waals surface area contributed by atoms with Gasteiger partial charge in [0.05, 0.1) is 59.2 Å². The van der Waals surface area contributed by atoms with Gasteiger partial charge < -0.3 is 23.8 Å². The Morgan fingerprint density at radius 1 is 1.00 bits per heavy atom. The van der Waals surface area contributed by atoms with E-state index in [-0.39, 0.29) is 37.3 Å². The summed E-state index contributed by atoms with van der Waals surface area (Å²) in [6.45, 7) is 10.4. The maximum absolute atomic E-state index is 15.1. The Balaban J connectivity index is 1.26. The summed E-state index contributed by atoms with van der Waals surface area (Å²) in [5.74, 6) is -3.82. The number of benzene rings is 2. The van der Waals surface area contributed by atoms with E-state index in [1.807, 2.05) is 32.9 Å². The molecule has 4 aliphatic rings. The van der Waals surface area contributed by atoms with E-state index in [9.17, 15) is 36.0 Å². The highest BCUT2D eigenvalue weighted by atomic mass is 32.2. The predicted molar refractivity (Wildman–Crippen MR) is 242 cm³/mol. The third-order valence-corrected chi connectivity index (χ3v) is 16.0. The van der Waals surface area contributed by atoms with Crippen LogP contribution >= 0.6 is 0 Å². The SMILES string of the molecule is COc1ccc2c(O[C@@H]3C[C@H]4C(=O)C[C@]5(C(=O)NS(=O)(=O)C6(C)CC6)C[C@H]5/C=C\CC[C@H](C)C[C@@H](C)[C@H](CC(=O)OC(C)(C)C(F)(F)F)C(=O)N4C3)nc(-c3ccc(OC(C)C)cc3)nc2c1. The van der Waals surface area contributed by atoms with Crippen LogP contribution in [0.3, 0.4) is 0 Å². The molecule has 2 saturated carbocycles. The van der Waals surface area contributed by atoms with Gasteiger partial charge in [-0.25, -0.2) is 13.4 Å². The molecule has 0 radical (unpaired) electrons. The molecule has 3 heterocycles. The Kier molecular flexibility index (Phi) is 13.8. The molecule has 2 amide bonds. The normalized spacial score (nSPS) is 27.3. The van der Waals surface area contributed by atoms with Crippen LogP contribution in [-0.4, -0.2) is 95.3 Å². The van der Waals surface area contributed by atoms with Crippen LogP contribution < -0.4 is 18.9 Å². The number of amides is 2. The first-order valence-corrected chi connectivity index (χ1v) is 24.5. The first kappa shape index (κ1) is 49.6. The Morgan fingerprint density at radius 3 is 2.33 bits per heavy atom. The Bertz CT molecular complexity index is 2530. The maximum Gasteiger partial charge on any atom is 0.427 e. The molecule has 2 aliphatic carbocycles. The number of halogens is 3. The van der Waals surface area contributed by atoms with Crippen molar-refractivity contribution in [1.82, 2.24) is 19.6 Å². The van der Waals surface area contributed by atoms with Crippen molar-refractivity contribution in [2.24, 2.45) is 29.1 Å². The number of nitrogens with zero attached hydrogens (tertiary/aromatic N) is 3. The van der Waals surface area contributed by atoms with Gasteiger partial charge in [0.1, 0.15) is 17.6 Å². The lowest BCUT2D eigenvalue weighted by atomic mass is 9.82. The van der Waals surface area contributed by atoms with Gasteiger partial charge >= 0.3 is 12.1 Å². The Hall–Kier alpha value is -5.26. The van der Waals surface area contributed by atoms with Gasteiger partial charge in [-0.3, -0.25) is 23.9 Å². The van der Waals surface area contributed by atoms with Gasteiger partial charge in [-0.05, 0) is 127 Å². The van der Waals surface area contributed by atoms with Crippen molar-refractivity contribution in [3.8, 4) is 28.8 Å². The molecule has 1 aromatic heterocycles. The zero-order valence-electron chi connectivity index (χ0n) is 39.3. The summed E-state index contributed by atoms with van der Waals surface area (Å²) in [5, 5.41) is 0.496. The van der Waals surface area contributed by atoms with E-state index in [4.69, 9.17) is 28.9 Å². The zero-order chi connectivity index (χ0) is 48.9. The molecule has 14 nitrogen and oxygen atoms in total. The number of ether oxygens (including phenoxy) is 4. The molecule has 67 heavy (non-hydrogen) atoms. The second-order valence-corrected chi connectivity index (χ2v) is 22.2. The first-order valence-electron chi connectivity index (χ1n) is 23.0. The summed E-state index contributed by atoms with van der Waals surface area (Å²) >= 11 is 0. The van der Waals surface area contributed by atoms with Crippen LogP contribution in [0.4, 0.5) is 13.2 Å². The number of rotatable bonds is 12. The fourth-order valence-electron chi connectivity index (χ4n) is 9.19. The number of allylic oxidation sites excluding steroid dienone is 2. The lowest BCUT2D eigenvalue weighted by Gasteiger charge is -2.33. The number of nitrogens with one attached hydrogen (secondary N) is 1. The van der Waals surface area contributed by atoms with E-state index in [2.05, 4.69) is 4.72 Å².